The van der Waals surface area contributed by atoms with Crippen LogP contribution in [0.4, 0.5) is 0 Å². The summed E-state index contributed by atoms with van der Waals surface area (Å²) < 4.78 is 0. The molecule has 1 aliphatic rings. The van der Waals surface area contributed by atoms with Crippen molar-refractivity contribution in [2.75, 3.05) is 0 Å². The summed E-state index contributed by atoms with van der Waals surface area (Å²) in [6.07, 6.45) is 3.95. The number of hydroxylamine groups is 2. The first kappa shape index (κ1) is 9.49. The van der Waals surface area contributed by atoms with E-state index in [-0.39, 0.29) is 11.1 Å². The van der Waals surface area contributed by atoms with Crippen LogP contribution >= 0.6 is 0 Å². The molecule has 0 fully saturated rings. The molecule has 0 saturated carbocycles. The maximum Gasteiger partial charge on any atom is 0.108 e. The Balaban J connectivity index is 3.12. The van der Waals surface area contributed by atoms with Gasteiger partial charge in [-0.1, -0.05) is 23.8 Å². The minimum Gasteiger partial charge on any atom is -0.337 e. The molecule has 0 bridgehead atoms. The molecule has 1 rings (SSSR count). The minimum absolute atomic E-state index is 0.174. The van der Waals surface area contributed by atoms with Crippen LogP contribution in [0.3, 0.4) is 0 Å². The van der Waals surface area contributed by atoms with Gasteiger partial charge < -0.3 is 5.21 Å². The SMILES string of the molecule is C=CC1=CC(C)(C)N([OH2+])C1(C)C. The Hall–Kier alpha value is -0.600. The molecule has 0 aromatic rings. The number of hydrogen-bond acceptors (Lipinski definition) is 1. The van der Waals surface area contributed by atoms with E-state index in [1.807, 2.05) is 33.8 Å². The highest BCUT2D eigenvalue weighted by Gasteiger charge is 2.47. The summed E-state index contributed by atoms with van der Waals surface area (Å²) in [4.78, 5) is 0. The van der Waals surface area contributed by atoms with Crippen molar-refractivity contribution >= 4 is 0 Å². The van der Waals surface area contributed by atoms with Gasteiger partial charge >= 0.3 is 0 Å². The van der Waals surface area contributed by atoms with E-state index in [2.05, 4.69) is 12.7 Å². The summed E-state index contributed by atoms with van der Waals surface area (Å²) in [5.41, 5.74) is 0.764. The highest BCUT2D eigenvalue weighted by molar-refractivity contribution is 5.36. The van der Waals surface area contributed by atoms with Crippen molar-refractivity contribution in [1.29, 1.82) is 0 Å². The van der Waals surface area contributed by atoms with Crippen LogP contribution in [-0.2, 0) is 0 Å². The van der Waals surface area contributed by atoms with Gasteiger partial charge in [0.05, 0.1) is 0 Å². The molecule has 2 nitrogen and oxygen atoms in total. The molecule has 0 radical (unpaired) electrons. The third-order valence-electron chi connectivity index (χ3n) is 2.57. The van der Waals surface area contributed by atoms with Crippen molar-refractivity contribution in [3.05, 3.63) is 24.3 Å². The quantitative estimate of drug-likeness (QED) is 0.546. The van der Waals surface area contributed by atoms with Crippen LogP contribution in [0.2, 0.25) is 0 Å². The average Bonchev–Trinajstić information content (AvgIpc) is 2.11. The normalized spacial score (nSPS) is 26.9. The van der Waals surface area contributed by atoms with Gasteiger partial charge in [-0.15, -0.1) is 0 Å². The molecule has 0 aromatic carbocycles. The fourth-order valence-corrected chi connectivity index (χ4v) is 1.78. The molecule has 0 saturated heterocycles. The van der Waals surface area contributed by atoms with Crippen molar-refractivity contribution in [2.45, 2.75) is 38.8 Å². The van der Waals surface area contributed by atoms with E-state index in [1.165, 1.54) is 0 Å². The maximum atomic E-state index is 7.90. The van der Waals surface area contributed by atoms with Gasteiger partial charge in [0.25, 0.3) is 0 Å². The van der Waals surface area contributed by atoms with E-state index in [1.54, 1.807) is 5.06 Å². The predicted molar refractivity (Wildman–Crippen MR) is 51.9 cm³/mol. The highest BCUT2D eigenvalue weighted by Crippen LogP contribution is 2.38. The topological polar surface area (TPSA) is 26.1 Å². The lowest BCUT2D eigenvalue weighted by Crippen LogP contribution is -2.47. The molecule has 0 atom stereocenters. The van der Waals surface area contributed by atoms with Crippen molar-refractivity contribution in [3.63, 3.8) is 0 Å². The first-order chi connectivity index (χ1) is 5.32. The Bertz CT molecular complexity index is 238. The van der Waals surface area contributed by atoms with E-state index < -0.39 is 0 Å². The molecule has 1 aliphatic heterocycles. The van der Waals surface area contributed by atoms with E-state index >= 15 is 0 Å². The van der Waals surface area contributed by atoms with Crippen LogP contribution < -0.4 is 0 Å². The van der Waals surface area contributed by atoms with Crippen molar-refractivity contribution in [1.82, 2.24) is 5.06 Å². The maximum absolute atomic E-state index is 7.90. The summed E-state index contributed by atoms with van der Waals surface area (Å²) in [7, 11) is 0. The Kier molecular flexibility index (Phi) is 1.93. The van der Waals surface area contributed by atoms with Crippen LogP contribution in [0.1, 0.15) is 27.7 Å². The van der Waals surface area contributed by atoms with Gasteiger partial charge in [-0.25, -0.2) is 0 Å². The molecule has 0 unspecified atom stereocenters. The summed E-state index contributed by atoms with van der Waals surface area (Å²) >= 11 is 0. The van der Waals surface area contributed by atoms with E-state index in [0.717, 1.165) is 5.57 Å². The van der Waals surface area contributed by atoms with E-state index in [0.29, 0.717) is 0 Å². The predicted octanol–water partition coefficient (Wildman–Crippen LogP) is 1.61. The Labute approximate surface area is 74.1 Å². The van der Waals surface area contributed by atoms with Gasteiger partial charge in [-0.3, -0.25) is 0 Å². The van der Waals surface area contributed by atoms with Gasteiger partial charge in [-0.05, 0) is 33.3 Å². The second-order valence-electron chi connectivity index (χ2n) is 4.35. The number of nitrogens with zero attached hydrogens (tertiary/aromatic N) is 1. The van der Waals surface area contributed by atoms with Gasteiger partial charge in [0, 0.05) is 0 Å². The smallest absolute Gasteiger partial charge is 0.108 e. The molecular weight excluding hydrogens is 150 g/mol. The molecular formula is C10H18NO+. The zero-order chi connectivity index (χ0) is 9.57. The molecule has 2 N–H and O–H groups in total. The van der Waals surface area contributed by atoms with Crippen LogP contribution in [0.25, 0.3) is 0 Å². The number of hydrogen-bond donors (Lipinski definition) is 0. The van der Waals surface area contributed by atoms with Crippen molar-refractivity contribution in [2.24, 2.45) is 0 Å². The fourth-order valence-electron chi connectivity index (χ4n) is 1.78. The third-order valence-corrected chi connectivity index (χ3v) is 2.57. The standard InChI is InChI=1S/C10H17NO/c1-6-8-7-9(2,3)11(12)10(8,4)5/h6-7,12H,1H2,2-5H3/p+1. The average molecular weight is 168 g/mol. The zero-order valence-corrected chi connectivity index (χ0v) is 8.31. The molecule has 68 valence electrons. The monoisotopic (exact) mass is 168 g/mol. The zero-order valence-electron chi connectivity index (χ0n) is 8.31. The Morgan fingerprint density at radius 1 is 1.42 bits per heavy atom. The number of rotatable bonds is 1. The van der Waals surface area contributed by atoms with Crippen molar-refractivity contribution in [3.8, 4) is 0 Å². The third kappa shape index (κ3) is 1.11. The van der Waals surface area contributed by atoms with Gasteiger partial charge in [0.2, 0.25) is 0 Å². The van der Waals surface area contributed by atoms with Crippen LogP contribution in [0.15, 0.2) is 24.3 Å². The summed E-state index contributed by atoms with van der Waals surface area (Å²) in [5, 5.41) is 9.53. The first-order valence-electron chi connectivity index (χ1n) is 4.20. The lowest BCUT2D eigenvalue weighted by atomic mass is 9.97. The molecule has 0 aliphatic carbocycles. The van der Waals surface area contributed by atoms with E-state index in [9.17, 15) is 0 Å². The largest absolute Gasteiger partial charge is 0.337 e. The lowest BCUT2D eigenvalue weighted by Gasteiger charge is -2.30. The van der Waals surface area contributed by atoms with Gasteiger partial charge in [-0.2, -0.15) is 0 Å². The second-order valence-corrected chi connectivity index (χ2v) is 4.35. The fraction of sp³-hybridized carbons (Fsp3) is 0.600. The first-order valence-corrected chi connectivity index (χ1v) is 4.20. The molecule has 0 amide bonds. The molecule has 0 spiro atoms. The van der Waals surface area contributed by atoms with Gasteiger partial charge in [0.1, 0.15) is 11.1 Å². The summed E-state index contributed by atoms with van der Waals surface area (Å²) in [6, 6.07) is 0. The Morgan fingerprint density at radius 3 is 2.08 bits per heavy atom. The molecule has 12 heavy (non-hydrogen) atoms. The highest BCUT2D eigenvalue weighted by atomic mass is 16.5. The summed E-state index contributed by atoms with van der Waals surface area (Å²) in [5.74, 6) is 0. The van der Waals surface area contributed by atoms with E-state index in [4.69, 9.17) is 5.21 Å². The molecule has 0 aromatic heterocycles. The molecule has 1 heterocycles. The second kappa shape index (κ2) is 2.44. The van der Waals surface area contributed by atoms with Crippen LogP contribution in [-0.4, -0.2) is 21.3 Å². The lowest BCUT2D eigenvalue weighted by molar-refractivity contribution is -0.184. The minimum atomic E-state index is -0.203. The van der Waals surface area contributed by atoms with Crippen LogP contribution in [0, 0.1) is 0 Å². The Morgan fingerprint density at radius 2 is 1.92 bits per heavy atom. The van der Waals surface area contributed by atoms with Gasteiger partial charge in [0.15, 0.2) is 0 Å². The van der Waals surface area contributed by atoms with Crippen LogP contribution in [0.5, 0.6) is 0 Å². The molecule has 2 heteroatoms. The van der Waals surface area contributed by atoms with Crippen molar-refractivity contribution < 1.29 is 5.21 Å². The summed E-state index contributed by atoms with van der Waals surface area (Å²) in [6.45, 7) is 11.9.